The van der Waals surface area contributed by atoms with E-state index in [0.717, 1.165) is 0 Å². The molecule has 1 fully saturated rings. The molecule has 3 rings (SSSR count). The fraction of sp³-hybridized carbons (Fsp3) is 0.348. The first-order valence-electron chi connectivity index (χ1n) is 10.2. The molecule has 1 heterocycles. The van der Waals surface area contributed by atoms with Gasteiger partial charge in [-0.15, -0.1) is 0 Å². The van der Waals surface area contributed by atoms with Gasteiger partial charge in [-0.05, 0) is 48.4 Å². The van der Waals surface area contributed by atoms with Gasteiger partial charge in [0.15, 0.2) is 6.61 Å². The summed E-state index contributed by atoms with van der Waals surface area (Å²) in [5.74, 6) is 0.0308. The predicted molar refractivity (Wildman–Crippen MR) is 120 cm³/mol. The number of nitrogens with one attached hydrogen (secondary N) is 2. The van der Waals surface area contributed by atoms with Gasteiger partial charge in [-0.25, -0.2) is 0 Å². The van der Waals surface area contributed by atoms with E-state index in [-0.39, 0.29) is 36.7 Å². The molecule has 1 aliphatic rings. The second kappa shape index (κ2) is 10.3. The van der Waals surface area contributed by atoms with Crippen LogP contribution < -0.4 is 20.3 Å². The van der Waals surface area contributed by atoms with Crippen LogP contribution in [-0.4, -0.2) is 37.4 Å². The maximum absolute atomic E-state index is 12.4. The number of carbonyl (C=O) groups excluding carboxylic acids is 3. The zero-order valence-electron chi connectivity index (χ0n) is 17.6. The molecule has 2 aromatic carbocycles. The van der Waals surface area contributed by atoms with Crippen LogP contribution in [-0.2, 0) is 14.4 Å². The molecule has 1 saturated heterocycles. The standard InChI is InChI=1S/C23H26ClN3O4/c1-15(2)12-25-23(30)16-10-22(29)27(13-16)19-6-8-20(9-7-19)31-14-21(28)26-18-5-3-4-17(24)11-18/h3-9,11,15-16H,10,12-14H2,1-2H3,(H,25,30)(H,26,28). The first kappa shape index (κ1) is 22.6. The van der Waals surface area contributed by atoms with E-state index in [0.29, 0.717) is 41.2 Å². The number of nitrogens with zero attached hydrogens (tertiary/aromatic N) is 1. The maximum atomic E-state index is 12.4. The number of hydrogen-bond acceptors (Lipinski definition) is 4. The highest BCUT2D eigenvalue weighted by Gasteiger charge is 2.35. The van der Waals surface area contributed by atoms with E-state index < -0.39 is 0 Å². The molecule has 164 valence electrons. The Bertz CT molecular complexity index is 946. The molecule has 0 radical (unpaired) electrons. The van der Waals surface area contributed by atoms with Crippen LogP contribution >= 0.6 is 11.6 Å². The number of amides is 3. The molecule has 0 saturated carbocycles. The summed E-state index contributed by atoms with van der Waals surface area (Å²) in [7, 11) is 0. The van der Waals surface area contributed by atoms with E-state index in [9.17, 15) is 14.4 Å². The molecule has 1 aliphatic heterocycles. The molecule has 1 unspecified atom stereocenters. The number of rotatable bonds is 8. The SMILES string of the molecule is CC(C)CNC(=O)C1CC(=O)N(c2ccc(OCC(=O)Nc3cccc(Cl)c3)cc2)C1. The Labute approximate surface area is 186 Å². The highest BCUT2D eigenvalue weighted by molar-refractivity contribution is 6.30. The van der Waals surface area contributed by atoms with Gasteiger partial charge in [-0.2, -0.15) is 0 Å². The van der Waals surface area contributed by atoms with Crippen LogP contribution in [0.1, 0.15) is 20.3 Å². The van der Waals surface area contributed by atoms with Gasteiger partial charge in [-0.3, -0.25) is 14.4 Å². The maximum Gasteiger partial charge on any atom is 0.262 e. The summed E-state index contributed by atoms with van der Waals surface area (Å²) in [4.78, 5) is 38.3. The number of anilines is 2. The molecule has 2 aromatic rings. The number of hydrogen-bond donors (Lipinski definition) is 2. The molecular weight excluding hydrogens is 418 g/mol. The van der Waals surface area contributed by atoms with Crippen molar-refractivity contribution >= 4 is 40.7 Å². The van der Waals surface area contributed by atoms with Gasteiger partial charge in [-0.1, -0.05) is 31.5 Å². The van der Waals surface area contributed by atoms with E-state index in [1.54, 1.807) is 53.4 Å². The zero-order chi connectivity index (χ0) is 22.4. The van der Waals surface area contributed by atoms with Crippen molar-refractivity contribution in [3.63, 3.8) is 0 Å². The molecule has 3 amide bonds. The lowest BCUT2D eigenvalue weighted by atomic mass is 10.1. The van der Waals surface area contributed by atoms with Crippen molar-refractivity contribution < 1.29 is 19.1 Å². The molecule has 31 heavy (non-hydrogen) atoms. The molecule has 0 aliphatic carbocycles. The van der Waals surface area contributed by atoms with Gasteiger partial charge >= 0.3 is 0 Å². The number of carbonyl (C=O) groups is 3. The summed E-state index contributed by atoms with van der Waals surface area (Å²) in [5, 5.41) is 6.13. The number of halogens is 1. The second-order valence-corrected chi connectivity index (χ2v) is 8.32. The first-order chi connectivity index (χ1) is 14.8. The lowest BCUT2D eigenvalue weighted by Gasteiger charge is -2.17. The van der Waals surface area contributed by atoms with E-state index in [1.165, 1.54) is 0 Å². The summed E-state index contributed by atoms with van der Waals surface area (Å²) in [5.41, 5.74) is 1.29. The smallest absolute Gasteiger partial charge is 0.262 e. The highest BCUT2D eigenvalue weighted by atomic mass is 35.5. The van der Waals surface area contributed by atoms with Crippen molar-refractivity contribution in [2.24, 2.45) is 11.8 Å². The summed E-state index contributed by atoms with van der Waals surface area (Å²) < 4.78 is 5.52. The van der Waals surface area contributed by atoms with Crippen LogP contribution in [0.2, 0.25) is 5.02 Å². The zero-order valence-corrected chi connectivity index (χ0v) is 18.3. The molecule has 2 N–H and O–H groups in total. The van der Waals surface area contributed by atoms with E-state index in [4.69, 9.17) is 16.3 Å². The van der Waals surface area contributed by atoms with Crippen LogP contribution in [0.5, 0.6) is 5.75 Å². The van der Waals surface area contributed by atoms with Gasteiger partial charge in [0.05, 0.1) is 5.92 Å². The Kier molecular flexibility index (Phi) is 7.52. The molecule has 0 spiro atoms. The molecule has 0 bridgehead atoms. The van der Waals surface area contributed by atoms with Crippen molar-refractivity contribution in [1.29, 1.82) is 0 Å². The third-order valence-electron chi connectivity index (χ3n) is 4.81. The second-order valence-electron chi connectivity index (χ2n) is 7.89. The van der Waals surface area contributed by atoms with Crippen LogP contribution in [0.3, 0.4) is 0 Å². The Morgan fingerprint density at radius 1 is 1.19 bits per heavy atom. The van der Waals surface area contributed by atoms with E-state index in [1.807, 2.05) is 13.8 Å². The van der Waals surface area contributed by atoms with Crippen LogP contribution in [0, 0.1) is 11.8 Å². The van der Waals surface area contributed by atoms with E-state index in [2.05, 4.69) is 10.6 Å². The molecule has 7 nitrogen and oxygen atoms in total. The Hall–Kier alpha value is -3.06. The predicted octanol–water partition coefficient (Wildman–Crippen LogP) is 3.48. The minimum absolute atomic E-state index is 0.0840. The monoisotopic (exact) mass is 443 g/mol. The lowest BCUT2D eigenvalue weighted by molar-refractivity contribution is -0.126. The minimum atomic E-state index is -0.350. The van der Waals surface area contributed by atoms with Crippen LogP contribution in [0.25, 0.3) is 0 Å². The van der Waals surface area contributed by atoms with Gasteiger partial charge in [0.25, 0.3) is 5.91 Å². The molecule has 1 atom stereocenters. The van der Waals surface area contributed by atoms with Crippen molar-refractivity contribution in [3.05, 3.63) is 53.6 Å². The number of ether oxygens (including phenoxy) is 1. The Morgan fingerprint density at radius 3 is 2.61 bits per heavy atom. The van der Waals surface area contributed by atoms with Gasteiger partial charge in [0.2, 0.25) is 11.8 Å². The number of benzene rings is 2. The molecular formula is C23H26ClN3O4. The normalized spacial score (nSPS) is 15.8. The van der Waals surface area contributed by atoms with Crippen molar-refractivity contribution in [1.82, 2.24) is 5.32 Å². The van der Waals surface area contributed by atoms with Gasteiger partial charge in [0.1, 0.15) is 5.75 Å². The molecule has 8 heteroatoms. The first-order valence-corrected chi connectivity index (χ1v) is 10.6. The Morgan fingerprint density at radius 2 is 1.94 bits per heavy atom. The summed E-state index contributed by atoms with van der Waals surface area (Å²) in [6.45, 7) is 4.84. The van der Waals surface area contributed by atoms with Gasteiger partial charge < -0.3 is 20.3 Å². The summed E-state index contributed by atoms with van der Waals surface area (Å²) >= 11 is 5.90. The lowest BCUT2D eigenvalue weighted by Crippen LogP contribution is -2.35. The van der Waals surface area contributed by atoms with Gasteiger partial charge in [0, 0.05) is 35.9 Å². The average Bonchev–Trinajstić information content (AvgIpc) is 3.12. The largest absolute Gasteiger partial charge is 0.484 e. The quantitative estimate of drug-likeness (QED) is 0.653. The fourth-order valence-electron chi connectivity index (χ4n) is 3.22. The Balaban J connectivity index is 1.51. The minimum Gasteiger partial charge on any atom is -0.484 e. The van der Waals surface area contributed by atoms with E-state index >= 15 is 0 Å². The topological polar surface area (TPSA) is 87.7 Å². The highest BCUT2D eigenvalue weighted by Crippen LogP contribution is 2.27. The van der Waals surface area contributed by atoms with Crippen molar-refractivity contribution in [2.45, 2.75) is 20.3 Å². The summed E-state index contributed by atoms with van der Waals surface area (Å²) in [6.07, 6.45) is 0.200. The third-order valence-corrected chi connectivity index (χ3v) is 5.04. The van der Waals surface area contributed by atoms with Crippen molar-refractivity contribution in [3.8, 4) is 5.75 Å². The summed E-state index contributed by atoms with van der Waals surface area (Å²) in [6, 6.07) is 13.7. The van der Waals surface area contributed by atoms with Crippen LogP contribution in [0.4, 0.5) is 11.4 Å². The fourth-order valence-corrected chi connectivity index (χ4v) is 3.41. The van der Waals surface area contributed by atoms with Crippen LogP contribution in [0.15, 0.2) is 48.5 Å². The third kappa shape index (κ3) is 6.46. The van der Waals surface area contributed by atoms with Crippen molar-refractivity contribution in [2.75, 3.05) is 29.9 Å². The molecule has 0 aromatic heterocycles. The average molecular weight is 444 g/mol.